The topological polar surface area (TPSA) is 66.8 Å². The van der Waals surface area contributed by atoms with Crippen molar-refractivity contribution in [2.75, 3.05) is 16.4 Å². The molecule has 0 unspecified atom stereocenters. The Morgan fingerprint density at radius 1 is 0.971 bits per heavy atom. The number of benzene rings is 2. The Morgan fingerprint density at radius 2 is 1.56 bits per heavy atom. The summed E-state index contributed by atoms with van der Waals surface area (Å²) in [5.74, 6) is -1.46. The molecule has 2 fully saturated rings. The van der Waals surface area contributed by atoms with Crippen LogP contribution >= 0.6 is 11.8 Å². The Kier molecular flexibility index (Phi) is 6.21. The Hall–Kier alpha value is -2.54. The third kappa shape index (κ3) is 5.24. The first kappa shape index (κ1) is 24.6. The van der Waals surface area contributed by atoms with Gasteiger partial charge in [0, 0.05) is 10.9 Å². The molecule has 2 heterocycles. The number of carbonyl (C=O) groups excluding carboxylic acids is 1. The molecule has 0 aromatic heterocycles. The lowest BCUT2D eigenvalue weighted by Gasteiger charge is -2.26. The second-order valence-corrected chi connectivity index (χ2v) is 11.2. The third-order valence-electron chi connectivity index (χ3n) is 5.34. The molecular weight excluding hydrogens is 506 g/mol. The predicted octanol–water partition coefficient (Wildman–Crippen LogP) is 4.57. The number of aliphatic imine (C=N–C) groups is 1. The van der Waals surface area contributed by atoms with E-state index in [2.05, 4.69) is 4.99 Å². The van der Waals surface area contributed by atoms with Gasteiger partial charge in [-0.1, -0.05) is 42.1 Å². The van der Waals surface area contributed by atoms with E-state index in [1.165, 1.54) is 0 Å². The molecule has 2 aliphatic heterocycles. The fourth-order valence-corrected chi connectivity index (χ4v) is 7.79. The molecule has 2 aliphatic rings. The van der Waals surface area contributed by atoms with Crippen LogP contribution in [-0.4, -0.2) is 42.3 Å². The second kappa shape index (κ2) is 8.59. The number of thioether (sulfide) groups is 1. The van der Waals surface area contributed by atoms with Gasteiger partial charge in [0.1, 0.15) is 0 Å². The van der Waals surface area contributed by atoms with E-state index in [1.807, 2.05) is 0 Å². The van der Waals surface area contributed by atoms with Crippen molar-refractivity contribution in [2.24, 2.45) is 4.99 Å². The van der Waals surface area contributed by atoms with E-state index in [0.717, 1.165) is 16.7 Å². The summed E-state index contributed by atoms with van der Waals surface area (Å²) in [4.78, 5) is 17.5. The number of anilines is 1. The standard InChI is InChI=1S/C21H16F6N2O3S2/c22-20(23,24)13-7-14(21(25,26)27)9-15(8-13)29-16-10-34(31,32)11-17(16)33-19(29)28-18(30)6-12-4-2-1-3-5-12/h1-5,7-9,16-17H,6,10-11H2/t16-,17-/m0/s1. The first-order chi connectivity index (χ1) is 15.7. The molecule has 4 rings (SSSR count). The molecule has 34 heavy (non-hydrogen) atoms. The lowest BCUT2D eigenvalue weighted by atomic mass is 10.1. The Labute approximate surface area is 194 Å². The highest BCUT2D eigenvalue weighted by molar-refractivity contribution is 8.16. The van der Waals surface area contributed by atoms with Crippen molar-refractivity contribution >= 4 is 38.4 Å². The van der Waals surface area contributed by atoms with Gasteiger partial charge in [-0.05, 0) is 23.8 Å². The minimum absolute atomic E-state index is 0.00698. The molecule has 0 N–H and O–H groups in total. The summed E-state index contributed by atoms with van der Waals surface area (Å²) in [6.07, 6.45) is -10.3. The van der Waals surface area contributed by atoms with E-state index < -0.39 is 62.0 Å². The van der Waals surface area contributed by atoms with E-state index in [-0.39, 0.29) is 23.4 Å². The van der Waals surface area contributed by atoms with E-state index in [9.17, 15) is 39.6 Å². The third-order valence-corrected chi connectivity index (χ3v) is 8.55. The number of amidine groups is 1. The van der Waals surface area contributed by atoms with Crippen LogP contribution < -0.4 is 4.90 Å². The molecule has 1 amide bonds. The molecule has 0 saturated carbocycles. The Balaban J connectivity index is 1.79. The summed E-state index contributed by atoms with van der Waals surface area (Å²) < 4.78 is 105. The van der Waals surface area contributed by atoms with Crippen molar-refractivity contribution in [3.8, 4) is 0 Å². The van der Waals surface area contributed by atoms with Crippen LogP contribution in [0, 0.1) is 0 Å². The van der Waals surface area contributed by atoms with Crippen LogP contribution in [0.25, 0.3) is 0 Å². The molecule has 2 aromatic carbocycles. The number of amides is 1. The van der Waals surface area contributed by atoms with E-state index in [4.69, 9.17) is 0 Å². The molecule has 0 spiro atoms. The number of sulfone groups is 1. The monoisotopic (exact) mass is 522 g/mol. The van der Waals surface area contributed by atoms with Crippen molar-refractivity contribution in [1.29, 1.82) is 0 Å². The lowest BCUT2D eigenvalue weighted by Crippen LogP contribution is -2.38. The predicted molar refractivity (Wildman–Crippen MR) is 115 cm³/mol. The minimum Gasteiger partial charge on any atom is -0.316 e. The van der Waals surface area contributed by atoms with E-state index in [0.29, 0.717) is 17.7 Å². The van der Waals surface area contributed by atoms with Crippen molar-refractivity contribution < 1.29 is 39.6 Å². The quantitative estimate of drug-likeness (QED) is 0.553. The molecule has 0 aliphatic carbocycles. The second-order valence-electron chi connectivity index (χ2n) is 7.89. The smallest absolute Gasteiger partial charge is 0.316 e. The van der Waals surface area contributed by atoms with Crippen LogP contribution in [0.15, 0.2) is 53.5 Å². The zero-order valence-electron chi connectivity index (χ0n) is 17.1. The van der Waals surface area contributed by atoms with Crippen molar-refractivity contribution in [1.82, 2.24) is 0 Å². The molecule has 2 atom stereocenters. The molecule has 0 radical (unpaired) electrons. The molecule has 2 aromatic rings. The van der Waals surface area contributed by atoms with Crippen molar-refractivity contribution in [2.45, 2.75) is 30.1 Å². The zero-order valence-corrected chi connectivity index (χ0v) is 18.7. The van der Waals surface area contributed by atoms with Crippen LogP contribution in [0.1, 0.15) is 16.7 Å². The SMILES string of the molecule is O=C(Cc1ccccc1)N=C1S[C@H]2CS(=O)(=O)C[C@@H]2N1c1cc(C(F)(F)F)cc(C(F)(F)F)c1. The van der Waals surface area contributed by atoms with Gasteiger partial charge < -0.3 is 4.90 Å². The molecule has 182 valence electrons. The van der Waals surface area contributed by atoms with Gasteiger partial charge in [0.2, 0.25) is 0 Å². The fraction of sp³-hybridized carbons (Fsp3) is 0.333. The van der Waals surface area contributed by atoms with Gasteiger partial charge in [-0.15, -0.1) is 0 Å². The average molecular weight is 522 g/mol. The first-order valence-corrected chi connectivity index (χ1v) is 12.5. The fourth-order valence-electron chi connectivity index (χ4n) is 3.86. The molecule has 13 heteroatoms. The Morgan fingerprint density at radius 3 is 2.12 bits per heavy atom. The average Bonchev–Trinajstić information content (AvgIpc) is 3.17. The number of nitrogens with zero attached hydrogens (tertiary/aromatic N) is 2. The van der Waals surface area contributed by atoms with Crippen LogP contribution in [0.3, 0.4) is 0 Å². The van der Waals surface area contributed by atoms with Gasteiger partial charge in [0.25, 0.3) is 5.91 Å². The van der Waals surface area contributed by atoms with Gasteiger partial charge in [0.05, 0.1) is 35.1 Å². The first-order valence-electron chi connectivity index (χ1n) is 9.84. The van der Waals surface area contributed by atoms with Crippen LogP contribution in [0.2, 0.25) is 0 Å². The van der Waals surface area contributed by atoms with Crippen LogP contribution in [-0.2, 0) is 33.4 Å². The molecule has 5 nitrogen and oxygen atoms in total. The summed E-state index contributed by atoms with van der Waals surface area (Å²) in [7, 11) is -3.57. The molecule has 0 bridgehead atoms. The van der Waals surface area contributed by atoms with Gasteiger partial charge in [-0.2, -0.15) is 31.3 Å². The highest BCUT2D eigenvalue weighted by atomic mass is 32.2. The van der Waals surface area contributed by atoms with Crippen molar-refractivity contribution in [3.05, 3.63) is 65.2 Å². The number of rotatable bonds is 3. The maximum absolute atomic E-state index is 13.4. The summed E-state index contributed by atoms with van der Waals surface area (Å²) >= 11 is 0.866. The largest absolute Gasteiger partial charge is 0.416 e. The Bertz CT molecular complexity index is 1210. The molecule has 2 saturated heterocycles. The maximum atomic E-state index is 13.4. The van der Waals surface area contributed by atoms with E-state index in [1.54, 1.807) is 30.3 Å². The molecular formula is C21H16F6N2O3S2. The summed E-state index contributed by atoms with van der Waals surface area (Å²) in [6.45, 7) is 0. The summed E-state index contributed by atoms with van der Waals surface area (Å²) in [6, 6.07) is 8.53. The van der Waals surface area contributed by atoms with E-state index >= 15 is 0 Å². The van der Waals surface area contributed by atoms with Gasteiger partial charge in [-0.3, -0.25) is 4.79 Å². The van der Waals surface area contributed by atoms with Crippen LogP contribution in [0.4, 0.5) is 32.0 Å². The number of carbonyl (C=O) groups is 1. The summed E-state index contributed by atoms with van der Waals surface area (Å²) in [5, 5.41) is -0.810. The maximum Gasteiger partial charge on any atom is 0.416 e. The highest BCUT2D eigenvalue weighted by Gasteiger charge is 2.50. The number of fused-ring (bicyclic) bond motifs is 1. The normalized spacial score (nSPS) is 23.4. The van der Waals surface area contributed by atoms with Gasteiger partial charge >= 0.3 is 12.4 Å². The summed E-state index contributed by atoms with van der Waals surface area (Å²) in [5.41, 5.74) is -2.98. The van der Waals surface area contributed by atoms with Gasteiger partial charge in [-0.25, -0.2) is 8.42 Å². The number of hydrogen-bond donors (Lipinski definition) is 0. The number of hydrogen-bond acceptors (Lipinski definition) is 4. The van der Waals surface area contributed by atoms with Crippen molar-refractivity contribution in [3.63, 3.8) is 0 Å². The number of alkyl halides is 6. The number of halogens is 6. The highest BCUT2D eigenvalue weighted by Crippen LogP contribution is 2.44. The van der Waals surface area contributed by atoms with Gasteiger partial charge in [0.15, 0.2) is 15.0 Å². The minimum atomic E-state index is -5.08. The zero-order chi connectivity index (χ0) is 24.9. The lowest BCUT2D eigenvalue weighted by molar-refractivity contribution is -0.143. The van der Waals surface area contributed by atoms with Crippen LogP contribution in [0.5, 0.6) is 0 Å².